The number of rotatable bonds is 9. The number of nitrogens with one attached hydrogen (secondary N) is 2. The second-order valence-electron chi connectivity index (χ2n) is 6.60. The van der Waals surface area contributed by atoms with Crippen molar-refractivity contribution < 1.29 is 18.3 Å². The number of carbonyl (C=O) groups excluding carboxylic acids is 1. The molecule has 1 aliphatic heterocycles. The van der Waals surface area contributed by atoms with Crippen molar-refractivity contribution in [1.29, 1.82) is 0 Å². The lowest BCUT2D eigenvalue weighted by Crippen LogP contribution is -2.33. The number of dihydropyridines is 1. The number of ether oxygens (including phenoxy) is 1. The molecule has 0 aromatic heterocycles. The van der Waals surface area contributed by atoms with E-state index in [1.807, 2.05) is 0 Å². The number of primary amides is 1. The van der Waals surface area contributed by atoms with Gasteiger partial charge in [0.1, 0.15) is 0 Å². The molecule has 7 heteroatoms. The first kappa shape index (κ1) is 19.9. The fourth-order valence-corrected chi connectivity index (χ4v) is 2.44. The highest BCUT2D eigenvalue weighted by atomic mass is 19.1. The summed E-state index contributed by atoms with van der Waals surface area (Å²) in [5, 5.41) is 5.97. The first-order chi connectivity index (χ1) is 12.4. The molecule has 26 heavy (non-hydrogen) atoms. The lowest BCUT2D eigenvalue weighted by atomic mass is 10.1. The second kappa shape index (κ2) is 9.33. The summed E-state index contributed by atoms with van der Waals surface area (Å²) >= 11 is 0. The van der Waals surface area contributed by atoms with Crippen molar-refractivity contribution in [3.8, 4) is 5.75 Å². The summed E-state index contributed by atoms with van der Waals surface area (Å²) in [6.07, 6.45) is 5.05. The highest BCUT2D eigenvalue weighted by molar-refractivity contribution is 5.94. The van der Waals surface area contributed by atoms with E-state index < -0.39 is 29.5 Å². The smallest absolute Gasteiger partial charge is 0.250 e. The zero-order chi connectivity index (χ0) is 19.1. The van der Waals surface area contributed by atoms with Crippen LogP contribution in [0.25, 0.3) is 0 Å². The maximum Gasteiger partial charge on any atom is 0.250 e. The topological polar surface area (TPSA) is 76.4 Å². The molecule has 2 rings (SSSR count). The molecule has 1 heterocycles. The third-order valence-corrected chi connectivity index (χ3v) is 3.93. The minimum atomic E-state index is -0.786. The minimum absolute atomic E-state index is 0.256. The molecule has 1 aromatic carbocycles. The maximum atomic E-state index is 14.2. The van der Waals surface area contributed by atoms with Gasteiger partial charge in [-0.3, -0.25) is 4.79 Å². The van der Waals surface area contributed by atoms with Crippen molar-refractivity contribution in [3.63, 3.8) is 0 Å². The van der Waals surface area contributed by atoms with Crippen LogP contribution < -0.4 is 21.1 Å². The maximum absolute atomic E-state index is 14.2. The van der Waals surface area contributed by atoms with Gasteiger partial charge < -0.3 is 21.1 Å². The molecule has 1 unspecified atom stereocenters. The molecular weight excluding hydrogens is 340 g/mol. The van der Waals surface area contributed by atoms with Crippen LogP contribution in [0.2, 0.25) is 0 Å². The average Bonchev–Trinajstić information content (AvgIpc) is 2.58. The predicted octanol–water partition coefficient (Wildman–Crippen LogP) is 2.38. The number of amides is 1. The Morgan fingerprint density at radius 3 is 2.54 bits per heavy atom. The van der Waals surface area contributed by atoms with Crippen LogP contribution in [0.4, 0.5) is 8.78 Å². The summed E-state index contributed by atoms with van der Waals surface area (Å²) in [4.78, 5) is 11.0. The molecule has 1 aromatic rings. The highest BCUT2D eigenvalue weighted by Gasteiger charge is 2.18. The third-order valence-electron chi connectivity index (χ3n) is 3.93. The lowest BCUT2D eigenvalue weighted by molar-refractivity contribution is -0.114. The van der Waals surface area contributed by atoms with Crippen molar-refractivity contribution in [2.75, 3.05) is 13.1 Å². The molecule has 0 radical (unpaired) electrons. The number of benzene rings is 1. The van der Waals surface area contributed by atoms with Crippen LogP contribution in [-0.2, 0) is 11.2 Å². The Hall–Kier alpha value is -2.41. The fourth-order valence-electron chi connectivity index (χ4n) is 2.44. The first-order valence-electron chi connectivity index (χ1n) is 8.66. The molecule has 0 saturated carbocycles. The molecule has 5 nitrogen and oxygen atoms in total. The Morgan fingerprint density at radius 1 is 1.31 bits per heavy atom. The van der Waals surface area contributed by atoms with Crippen LogP contribution >= 0.6 is 0 Å². The standard InChI is InChI=1S/C19H25F2N3O2/c1-12(2)5-7-23-8-6-13-9-15(20)18(16(21)10-13)26-17-4-3-14(11-24-17)19(22)25/h3-4,9-12,17,23-24H,5-8H2,1-2H3,(H2,22,25). The second-order valence-corrected chi connectivity index (χ2v) is 6.60. The van der Waals surface area contributed by atoms with Crippen LogP contribution in [0.1, 0.15) is 25.8 Å². The van der Waals surface area contributed by atoms with E-state index in [4.69, 9.17) is 10.5 Å². The average molecular weight is 365 g/mol. The van der Waals surface area contributed by atoms with Crippen LogP contribution in [0.3, 0.4) is 0 Å². The molecule has 142 valence electrons. The third kappa shape index (κ3) is 5.84. The monoisotopic (exact) mass is 365 g/mol. The summed E-state index contributed by atoms with van der Waals surface area (Å²) in [5.74, 6) is -1.97. The number of hydrogen-bond acceptors (Lipinski definition) is 4. The quantitative estimate of drug-likeness (QED) is 0.587. The Kier molecular flexibility index (Phi) is 7.15. The van der Waals surface area contributed by atoms with E-state index in [1.54, 1.807) is 0 Å². The highest BCUT2D eigenvalue weighted by Crippen LogP contribution is 2.25. The van der Waals surface area contributed by atoms with Gasteiger partial charge in [0.2, 0.25) is 5.91 Å². The molecule has 1 amide bonds. The van der Waals surface area contributed by atoms with Crippen LogP contribution in [0.15, 0.2) is 36.1 Å². The van der Waals surface area contributed by atoms with E-state index in [9.17, 15) is 13.6 Å². The number of nitrogens with two attached hydrogens (primary N) is 1. The minimum Gasteiger partial charge on any atom is -0.461 e. The first-order valence-corrected chi connectivity index (χ1v) is 8.66. The summed E-state index contributed by atoms with van der Waals surface area (Å²) in [6, 6.07) is 2.56. The largest absolute Gasteiger partial charge is 0.461 e. The van der Waals surface area contributed by atoms with Crippen molar-refractivity contribution in [2.24, 2.45) is 11.7 Å². The lowest BCUT2D eigenvalue weighted by Gasteiger charge is -2.20. The van der Waals surface area contributed by atoms with E-state index in [-0.39, 0.29) is 5.57 Å². The Balaban J connectivity index is 1.91. The Bertz CT molecular complexity index is 679. The van der Waals surface area contributed by atoms with Crippen molar-refractivity contribution in [3.05, 3.63) is 53.3 Å². The Morgan fingerprint density at radius 2 is 2.00 bits per heavy atom. The van der Waals surface area contributed by atoms with Gasteiger partial charge >= 0.3 is 0 Å². The molecule has 0 spiro atoms. The van der Waals surface area contributed by atoms with Gasteiger partial charge in [-0.25, -0.2) is 8.78 Å². The van der Waals surface area contributed by atoms with Crippen LogP contribution in [0, 0.1) is 17.6 Å². The number of carbonyl (C=O) groups is 1. The molecule has 0 fully saturated rings. The van der Waals surface area contributed by atoms with Gasteiger partial charge in [-0.2, -0.15) is 0 Å². The summed E-state index contributed by atoms with van der Waals surface area (Å²) in [5.41, 5.74) is 5.96. The summed E-state index contributed by atoms with van der Waals surface area (Å²) in [7, 11) is 0. The molecule has 0 bridgehead atoms. The van der Waals surface area contributed by atoms with E-state index in [0.717, 1.165) is 13.0 Å². The summed E-state index contributed by atoms with van der Waals surface area (Å²) < 4.78 is 33.8. The zero-order valence-corrected chi connectivity index (χ0v) is 15.0. The summed E-state index contributed by atoms with van der Waals surface area (Å²) in [6.45, 7) is 5.82. The predicted molar refractivity (Wildman–Crippen MR) is 96.4 cm³/mol. The Labute approximate surface area is 152 Å². The normalized spacial score (nSPS) is 16.3. The number of hydrogen-bond donors (Lipinski definition) is 3. The van der Waals surface area contributed by atoms with Gasteiger partial charge in [0.25, 0.3) is 0 Å². The molecular formula is C19H25F2N3O2. The van der Waals surface area contributed by atoms with Gasteiger partial charge in [0.05, 0.1) is 5.57 Å². The van der Waals surface area contributed by atoms with Crippen LogP contribution in [0.5, 0.6) is 5.75 Å². The van der Waals surface area contributed by atoms with E-state index >= 15 is 0 Å². The van der Waals surface area contributed by atoms with Crippen molar-refractivity contribution in [2.45, 2.75) is 32.9 Å². The molecule has 0 saturated heterocycles. The van der Waals surface area contributed by atoms with Gasteiger partial charge in [0, 0.05) is 6.20 Å². The fraction of sp³-hybridized carbons (Fsp3) is 0.421. The van der Waals surface area contributed by atoms with Gasteiger partial charge in [0.15, 0.2) is 23.6 Å². The zero-order valence-electron chi connectivity index (χ0n) is 15.0. The molecule has 4 N–H and O–H groups in total. The SMILES string of the molecule is CC(C)CCNCCc1cc(F)c(OC2C=CC(C(N)=O)=CN2)c(F)c1. The van der Waals surface area contributed by atoms with E-state index in [2.05, 4.69) is 24.5 Å². The van der Waals surface area contributed by atoms with Gasteiger partial charge in [-0.1, -0.05) is 13.8 Å². The van der Waals surface area contributed by atoms with Gasteiger partial charge in [-0.15, -0.1) is 0 Å². The molecule has 1 atom stereocenters. The molecule has 1 aliphatic rings. The van der Waals surface area contributed by atoms with E-state index in [0.29, 0.717) is 24.4 Å². The van der Waals surface area contributed by atoms with Gasteiger partial charge in [-0.05, 0) is 61.7 Å². The number of halogens is 2. The van der Waals surface area contributed by atoms with E-state index in [1.165, 1.54) is 30.5 Å². The van der Waals surface area contributed by atoms with Crippen molar-refractivity contribution in [1.82, 2.24) is 10.6 Å². The van der Waals surface area contributed by atoms with Crippen molar-refractivity contribution >= 4 is 5.91 Å². The van der Waals surface area contributed by atoms with Crippen LogP contribution in [-0.4, -0.2) is 25.2 Å². The molecule has 0 aliphatic carbocycles.